The van der Waals surface area contributed by atoms with Gasteiger partial charge in [-0.05, 0) is 25.2 Å². The molecule has 1 fully saturated rings. The summed E-state index contributed by atoms with van der Waals surface area (Å²) in [6.07, 6.45) is 1.39. The molecule has 0 aliphatic carbocycles. The number of hydrogen-bond donors (Lipinski definition) is 3. The van der Waals surface area contributed by atoms with E-state index in [2.05, 4.69) is 10.2 Å². The maximum atomic E-state index is 13.2. The number of phenols is 2. The van der Waals surface area contributed by atoms with E-state index < -0.39 is 15.8 Å². The van der Waals surface area contributed by atoms with Gasteiger partial charge in [-0.1, -0.05) is 23.7 Å². The molecule has 1 aliphatic heterocycles. The summed E-state index contributed by atoms with van der Waals surface area (Å²) in [6.45, 7) is 1.78. The van der Waals surface area contributed by atoms with Gasteiger partial charge in [0.2, 0.25) is 10.0 Å². The van der Waals surface area contributed by atoms with Gasteiger partial charge in [-0.3, -0.25) is 5.10 Å². The Bertz CT molecular complexity index is 1210. The number of aromatic amines is 1. The summed E-state index contributed by atoms with van der Waals surface area (Å²) < 4.78 is 33.4. The Labute approximate surface area is 184 Å². The SMILES string of the molecule is CN1CCN(S(=O)(=O)c2cc(-c3[nH]ncc3Oc3ccccc3Cl)c(O)cc2O)CC1. The van der Waals surface area contributed by atoms with Crippen LogP contribution in [0.5, 0.6) is 23.0 Å². The Hall–Kier alpha value is -2.79. The Kier molecular flexibility index (Phi) is 5.80. The lowest BCUT2D eigenvalue weighted by Crippen LogP contribution is -2.47. The predicted molar refractivity (Wildman–Crippen MR) is 115 cm³/mol. The third-order valence-electron chi connectivity index (χ3n) is 5.09. The molecule has 0 saturated carbocycles. The van der Waals surface area contributed by atoms with Gasteiger partial charge >= 0.3 is 0 Å². The van der Waals surface area contributed by atoms with E-state index in [-0.39, 0.29) is 27.7 Å². The van der Waals surface area contributed by atoms with Crippen LogP contribution in [0.3, 0.4) is 0 Å². The fourth-order valence-electron chi connectivity index (χ4n) is 3.32. The minimum atomic E-state index is -3.98. The Morgan fingerprint density at radius 1 is 1.06 bits per heavy atom. The number of para-hydroxylation sites is 1. The Balaban J connectivity index is 1.73. The van der Waals surface area contributed by atoms with Gasteiger partial charge in [0.25, 0.3) is 0 Å². The molecule has 1 aromatic heterocycles. The first-order valence-corrected chi connectivity index (χ1v) is 11.3. The van der Waals surface area contributed by atoms with Crippen molar-refractivity contribution in [1.82, 2.24) is 19.4 Å². The van der Waals surface area contributed by atoms with E-state index in [1.165, 1.54) is 16.6 Å². The number of nitrogens with one attached hydrogen (secondary N) is 1. The van der Waals surface area contributed by atoms with Gasteiger partial charge in [-0.15, -0.1) is 0 Å². The highest BCUT2D eigenvalue weighted by Gasteiger charge is 2.31. The van der Waals surface area contributed by atoms with Gasteiger partial charge in [0, 0.05) is 37.8 Å². The monoisotopic (exact) mass is 464 g/mol. The van der Waals surface area contributed by atoms with E-state index in [1.807, 2.05) is 11.9 Å². The molecule has 31 heavy (non-hydrogen) atoms. The van der Waals surface area contributed by atoms with Gasteiger partial charge < -0.3 is 19.8 Å². The van der Waals surface area contributed by atoms with E-state index in [0.29, 0.717) is 37.0 Å². The fourth-order valence-corrected chi connectivity index (χ4v) is 5.01. The van der Waals surface area contributed by atoms with Crippen LogP contribution in [0.25, 0.3) is 11.3 Å². The van der Waals surface area contributed by atoms with Crippen molar-refractivity contribution in [2.75, 3.05) is 33.2 Å². The third kappa shape index (κ3) is 4.19. The summed E-state index contributed by atoms with van der Waals surface area (Å²) >= 11 is 6.15. The Morgan fingerprint density at radius 3 is 2.48 bits per heavy atom. The largest absolute Gasteiger partial charge is 0.507 e. The zero-order valence-electron chi connectivity index (χ0n) is 16.6. The molecule has 0 bridgehead atoms. The molecular weight excluding hydrogens is 444 g/mol. The first kappa shape index (κ1) is 21.4. The molecule has 0 atom stereocenters. The average molecular weight is 465 g/mol. The number of piperazine rings is 1. The number of H-pyrrole nitrogens is 1. The van der Waals surface area contributed by atoms with Crippen molar-refractivity contribution >= 4 is 21.6 Å². The molecule has 1 aliphatic rings. The van der Waals surface area contributed by atoms with Gasteiger partial charge in [-0.25, -0.2) is 8.42 Å². The normalized spacial score (nSPS) is 15.8. The summed E-state index contributed by atoms with van der Waals surface area (Å²) in [6, 6.07) is 9.05. The van der Waals surface area contributed by atoms with E-state index in [4.69, 9.17) is 16.3 Å². The number of sulfonamides is 1. The molecule has 0 amide bonds. The van der Waals surface area contributed by atoms with Crippen molar-refractivity contribution in [3.8, 4) is 34.3 Å². The van der Waals surface area contributed by atoms with Crippen LogP contribution in [-0.2, 0) is 10.0 Å². The van der Waals surface area contributed by atoms with E-state index in [9.17, 15) is 18.6 Å². The van der Waals surface area contributed by atoms with Crippen LogP contribution in [-0.4, -0.2) is 71.3 Å². The number of ether oxygens (including phenoxy) is 1. The summed E-state index contributed by atoms with van der Waals surface area (Å²) in [7, 11) is -2.06. The van der Waals surface area contributed by atoms with Crippen molar-refractivity contribution in [3.05, 3.63) is 47.6 Å². The summed E-state index contributed by atoms with van der Waals surface area (Å²) in [5.41, 5.74) is 0.359. The van der Waals surface area contributed by atoms with Crippen molar-refractivity contribution < 1.29 is 23.4 Å². The number of phenolic OH excluding ortho intramolecular Hbond substituents is 2. The van der Waals surface area contributed by atoms with E-state index in [1.54, 1.807) is 24.3 Å². The number of rotatable bonds is 5. The van der Waals surface area contributed by atoms with Crippen LogP contribution in [0, 0.1) is 0 Å². The maximum Gasteiger partial charge on any atom is 0.246 e. The average Bonchev–Trinajstić information content (AvgIpc) is 3.18. The molecule has 9 nitrogen and oxygen atoms in total. The van der Waals surface area contributed by atoms with E-state index >= 15 is 0 Å². The van der Waals surface area contributed by atoms with Crippen LogP contribution in [0.15, 0.2) is 47.5 Å². The number of likely N-dealkylation sites (N-methyl/N-ethyl adjacent to an activating group) is 1. The lowest BCUT2D eigenvalue weighted by atomic mass is 10.1. The van der Waals surface area contributed by atoms with Crippen molar-refractivity contribution in [2.45, 2.75) is 4.90 Å². The summed E-state index contributed by atoms with van der Waals surface area (Å²) in [4.78, 5) is 1.72. The highest BCUT2D eigenvalue weighted by molar-refractivity contribution is 7.89. The third-order valence-corrected chi connectivity index (χ3v) is 7.33. The highest BCUT2D eigenvalue weighted by Crippen LogP contribution is 2.42. The van der Waals surface area contributed by atoms with Crippen LogP contribution >= 0.6 is 11.6 Å². The molecule has 0 radical (unpaired) electrons. The van der Waals surface area contributed by atoms with Gasteiger partial charge in [-0.2, -0.15) is 9.40 Å². The van der Waals surface area contributed by atoms with Gasteiger partial charge in [0.05, 0.1) is 11.2 Å². The van der Waals surface area contributed by atoms with Crippen LogP contribution in [0.4, 0.5) is 0 Å². The van der Waals surface area contributed by atoms with Gasteiger partial charge in [0.1, 0.15) is 27.8 Å². The fraction of sp³-hybridized carbons (Fsp3) is 0.250. The molecule has 2 aromatic carbocycles. The quantitative estimate of drug-likeness (QED) is 0.531. The molecule has 3 N–H and O–H groups in total. The van der Waals surface area contributed by atoms with Crippen molar-refractivity contribution in [3.63, 3.8) is 0 Å². The zero-order valence-corrected chi connectivity index (χ0v) is 18.2. The second-order valence-electron chi connectivity index (χ2n) is 7.19. The maximum absolute atomic E-state index is 13.2. The first-order valence-electron chi connectivity index (χ1n) is 9.48. The molecule has 0 spiro atoms. The second-order valence-corrected chi connectivity index (χ2v) is 9.50. The lowest BCUT2D eigenvalue weighted by molar-refractivity contribution is 0.222. The minimum absolute atomic E-state index is 0.116. The van der Waals surface area contributed by atoms with E-state index in [0.717, 1.165) is 6.07 Å². The molecular formula is C20H21ClN4O5S. The summed E-state index contributed by atoms with van der Waals surface area (Å²) in [5.74, 6) is -0.260. The first-order chi connectivity index (χ1) is 14.8. The smallest absolute Gasteiger partial charge is 0.246 e. The summed E-state index contributed by atoms with van der Waals surface area (Å²) in [5, 5.41) is 27.8. The molecule has 3 aromatic rings. The minimum Gasteiger partial charge on any atom is -0.507 e. The number of benzene rings is 2. The molecule has 4 rings (SSSR count). The van der Waals surface area contributed by atoms with Crippen molar-refractivity contribution in [1.29, 1.82) is 0 Å². The molecule has 0 unspecified atom stereocenters. The predicted octanol–water partition coefficient (Wildman–Crippen LogP) is 2.87. The molecule has 1 saturated heterocycles. The van der Waals surface area contributed by atoms with Gasteiger partial charge in [0.15, 0.2) is 5.75 Å². The topological polar surface area (TPSA) is 119 Å². The molecule has 2 heterocycles. The number of hydrogen-bond acceptors (Lipinski definition) is 7. The number of aromatic nitrogens is 2. The standard InChI is InChI=1S/C20H21ClN4O5S/c1-24-6-8-25(9-7-24)31(28,29)19-10-13(15(26)11-16(19)27)20-18(12-22-23-20)30-17-5-3-2-4-14(17)21/h2-5,10-12,26-27H,6-9H2,1H3,(H,22,23). The number of halogens is 1. The lowest BCUT2D eigenvalue weighted by Gasteiger charge is -2.31. The number of nitrogens with zero attached hydrogens (tertiary/aromatic N) is 3. The molecule has 11 heteroatoms. The molecule has 164 valence electrons. The van der Waals surface area contributed by atoms with Crippen LogP contribution < -0.4 is 4.74 Å². The second kappa shape index (κ2) is 8.39. The highest BCUT2D eigenvalue weighted by atomic mass is 35.5. The van der Waals surface area contributed by atoms with Crippen LogP contribution in [0.2, 0.25) is 5.02 Å². The number of aromatic hydroxyl groups is 2. The van der Waals surface area contributed by atoms with Crippen molar-refractivity contribution in [2.24, 2.45) is 0 Å². The van der Waals surface area contributed by atoms with Crippen LogP contribution in [0.1, 0.15) is 0 Å². The zero-order chi connectivity index (χ0) is 22.2. The Morgan fingerprint density at radius 2 is 1.77 bits per heavy atom.